The molecule has 0 bridgehead atoms. The van der Waals surface area contributed by atoms with Gasteiger partial charge < -0.3 is 0 Å². The second-order valence-corrected chi connectivity index (χ2v) is 11.4. The lowest BCUT2D eigenvalue weighted by atomic mass is 9.86. The number of carbonyl (C=O) groups is 1. The Bertz CT molecular complexity index is 1160. The third-order valence-electron chi connectivity index (χ3n) is 6.04. The number of aromatic nitrogens is 4. The minimum absolute atomic E-state index is 0.0896. The third-order valence-corrected chi connectivity index (χ3v) is 8.03. The van der Waals surface area contributed by atoms with Crippen molar-refractivity contribution in [1.82, 2.24) is 19.7 Å². The maximum absolute atomic E-state index is 12.9. The van der Waals surface area contributed by atoms with Crippen LogP contribution in [0, 0.1) is 18.3 Å². The van der Waals surface area contributed by atoms with Gasteiger partial charge in [-0.1, -0.05) is 69.6 Å². The van der Waals surface area contributed by atoms with Crippen molar-refractivity contribution in [3.05, 3.63) is 45.9 Å². The predicted molar refractivity (Wildman–Crippen MR) is 133 cm³/mol. The van der Waals surface area contributed by atoms with Gasteiger partial charge in [-0.2, -0.15) is 5.26 Å². The normalized spacial score (nSPS) is 15.5. The van der Waals surface area contributed by atoms with Crippen molar-refractivity contribution in [2.75, 3.05) is 5.75 Å². The summed E-state index contributed by atoms with van der Waals surface area (Å²) in [6.45, 7) is 8.48. The van der Waals surface area contributed by atoms with Crippen LogP contribution >= 0.6 is 23.1 Å². The fourth-order valence-electron chi connectivity index (χ4n) is 4.17. The molecule has 0 aliphatic heterocycles. The average Bonchev–Trinajstić information content (AvgIpc) is 3.53. The van der Waals surface area contributed by atoms with Gasteiger partial charge in [-0.25, -0.2) is 4.98 Å². The van der Waals surface area contributed by atoms with Crippen molar-refractivity contribution in [2.45, 2.75) is 75.9 Å². The second-order valence-electron chi connectivity index (χ2n) is 9.59. The molecule has 6 nitrogen and oxygen atoms in total. The molecule has 4 rings (SSSR count). The van der Waals surface area contributed by atoms with Gasteiger partial charge in [0.05, 0.1) is 11.8 Å². The largest absolute Gasteiger partial charge is 0.299 e. The van der Waals surface area contributed by atoms with E-state index in [9.17, 15) is 10.1 Å². The van der Waals surface area contributed by atoms with Crippen molar-refractivity contribution >= 4 is 28.9 Å². The van der Waals surface area contributed by atoms with Gasteiger partial charge >= 0.3 is 0 Å². The van der Waals surface area contributed by atoms with Crippen LogP contribution in [-0.4, -0.2) is 31.3 Å². The number of hydrogen-bond acceptors (Lipinski definition) is 7. The first-order valence-corrected chi connectivity index (χ1v) is 13.2. The predicted octanol–water partition coefficient (Wildman–Crippen LogP) is 6.09. The monoisotopic (exact) mass is 479 g/mol. The molecule has 0 amide bonds. The Balaban J connectivity index is 1.58. The lowest BCUT2D eigenvalue weighted by molar-refractivity contribution is -0.116. The molecule has 0 saturated heterocycles. The summed E-state index contributed by atoms with van der Waals surface area (Å²) >= 11 is 2.74. The summed E-state index contributed by atoms with van der Waals surface area (Å²) in [4.78, 5) is 17.2. The molecular weight excluding hydrogens is 450 g/mol. The van der Waals surface area contributed by atoms with E-state index < -0.39 is 5.92 Å². The molecule has 0 N–H and O–H groups in total. The Morgan fingerprint density at radius 3 is 2.52 bits per heavy atom. The molecule has 1 aliphatic rings. The summed E-state index contributed by atoms with van der Waals surface area (Å²) in [7, 11) is 0. The van der Waals surface area contributed by atoms with Crippen LogP contribution in [0.4, 0.5) is 0 Å². The van der Waals surface area contributed by atoms with Gasteiger partial charge in [0.1, 0.15) is 5.01 Å². The number of nitriles is 1. The maximum atomic E-state index is 12.9. The highest BCUT2D eigenvalue weighted by molar-refractivity contribution is 7.99. The number of benzene rings is 1. The number of thiazole rings is 1. The van der Waals surface area contributed by atoms with Gasteiger partial charge in [0.15, 0.2) is 22.7 Å². The first-order chi connectivity index (χ1) is 15.8. The van der Waals surface area contributed by atoms with Gasteiger partial charge in [0.25, 0.3) is 0 Å². The molecule has 1 aromatic carbocycles. The summed E-state index contributed by atoms with van der Waals surface area (Å²) in [5.74, 6) is 0.0482. The fourth-order valence-corrected chi connectivity index (χ4v) is 5.94. The SMILES string of the molecule is Cc1csc(C(C#N)C(=O)CSc2nnc(-c3ccc(C(C)(C)C)cc3)n2C2CCCC2)n1. The number of aryl methyl sites for hydroxylation is 1. The smallest absolute Gasteiger partial charge is 0.192 e. The molecule has 0 spiro atoms. The molecule has 1 fully saturated rings. The molecule has 2 aromatic heterocycles. The van der Waals surface area contributed by atoms with Crippen molar-refractivity contribution in [2.24, 2.45) is 0 Å². The van der Waals surface area contributed by atoms with Crippen LogP contribution in [0.15, 0.2) is 34.8 Å². The van der Waals surface area contributed by atoms with Gasteiger partial charge in [-0.05, 0) is 30.7 Å². The Morgan fingerprint density at radius 2 is 1.94 bits per heavy atom. The number of carbonyl (C=O) groups excluding carboxylic acids is 1. The number of ketones is 1. The zero-order valence-electron chi connectivity index (χ0n) is 19.5. The number of thioether (sulfide) groups is 1. The molecule has 0 radical (unpaired) electrons. The van der Waals surface area contributed by atoms with Crippen LogP contribution in [0.25, 0.3) is 11.4 Å². The second kappa shape index (κ2) is 9.78. The van der Waals surface area contributed by atoms with Crippen LogP contribution in [0.2, 0.25) is 0 Å². The lowest BCUT2D eigenvalue weighted by Crippen LogP contribution is -2.14. The van der Waals surface area contributed by atoms with Gasteiger partial charge in [-0.3, -0.25) is 9.36 Å². The first kappa shape index (κ1) is 23.7. The molecule has 1 atom stereocenters. The van der Waals surface area contributed by atoms with Gasteiger partial charge in [0, 0.05) is 22.7 Å². The van der Waals surface area contributed by atoms with E-state index >= 15 is 0 Å². The zero-order valence-corrected chi connectivity index (χ0v) is 21.2. The van der Waals surface area contributed by atoms with Crippen LogP contribution in [0.3, 0.4) is 0 Å². The van der Waals surface area contributed by atoms with Crippen molar-refractivity contribution < 1.29 is 4.79 Å². The zero-order chi connectivity index (χ0) is 23.6. The van der Waals surface area contributed by atoms with Crippen LogP contribution < -0.4 is 0 Å². The van der Waals surface area contributed by atoms with E-state index in [4.69, 9.17) is 0 Å². The van der Waals surface area contributed by atoms with Crippen LogP contribution in [-0.2, 0) is 10.2 Å². The van der Waals surface area contributed by atoms with E-state index in [1.54, 1.807) is 0 Å². The quantitative estimate of drug-likeness (QED) is 0.381. The van der Waals surface area contributed by atoms with Gasteiger partial charge in [0.2, 0.25) is 0 Å². The lowest BCUT2D eigenvalue weighted by Gasteiger charge is -2.20. The molecule has 2 heterocycles. The Kier molecular flexibility index (Phi) is 7.01. The molecule has 1 saturated carbocycles. The molecule has 33 heavy (non-hydrogen) atoms. The minimum atomic E-state index is -0.830. The summed E-state index contributed by atoms with van der Waals surface area (Å²) in [5, 5.41) is 21.8. The highest BCUT2D eigenvalue weighted by Crippen LogP contribution is 2.37. The van der Waals surface area contributed by atoms with E-state index in [2.05, 4.69) is 70.9 Å². The highest BCUT2D eigenvalue weighted by atomic mass is 32.2. The molecule has 1 aliphatic carbocycles. The Hall–Kier alpha value is -2.50. The Labute approximate surface area is 203 Å². The molecule has 172 valence electrons. The van der Waals surface area contributed by atoms with Crippen molar-refractivity contribution in [3.63, 3.8) is 0 Å². The standard InChI is InChI=1S/C25H29N5OS2/c1-16-14-32-23(27-16)20(13-26)21(31)15-33-24-29-28-22(30(24)19-7-5-6-8-19)17-9-11-18(12-10-17)25(2,3)4/h9-12,14,19-20H,5-8,15H2,1-4H3. The number of rotatable bonds is 7. The van der Waals surface area contributed by atoms with E-state index in [1.165, 1.54) is 41.5 Å². The van der Waals surface area contributed by atoms with Gasteiger partial charge in [-0.15, -0.1) is 21.5 Å². The van der Waals surface area contributed by atoms with E-state index in [1.807, 2.05) is 12.3 Å². The minimum Gasteiger partial charge on any atom is -0.299 e. The number of nitrogens with zero attached hydrogens (tertiary/aromatic N) is 5. The summed E-state index contributed by atoms with van der Waals surface area (Å²) in [6, 6.07) is 11.0. The van der Waals surface area contributed by atoms with Crippen molar-refractivity contribution in [1.29, 1.82) is 5.26 Å². The molecular formula is C25H29N5OS2. The third kappa shape index (κ3) is 5.20. The molecule has 1 unspecified atom stereocenters. The summed E-state index contributed by atoms with van der Waals surface area (Å²) in [5.41, 5.74) is 3.23. The first-order valence-electron chi connectivity index (χ1n) is 11.3. The van der Waals surface area contributed by atoms with E-state index in [0.717, 1.165) is 35.1 Å². The number of hydrogen-bond donors (Lipinski definition) is 0. The van der Waals surface area contributed by atoms with Crippen LogP contribution in [0.1, 0.15) is 74.7 Å². The van der Waals surface area contributed by atoms with Crippen LogP contribution in [0.5, 0.6) is 0 Å². The van der Waals surface area contributed by atoms with E-state index in [0.29, 0.717) is 11.0 Å². The fraction of sp³-hybridized carbons (Fsp3) is 0.480. The maximum Gasteiger partial charge on any atom is 0.192 e. The highest BCUT2D eigenvalue weighted by Gasteiger charge is 2.28. The number of Topliss-reactive ketones (excluding diaryl/α,β-unsaturated/α-hetero) is 1. The Morgan fingerprint density at radius 1 is 1.24 bits per heavy atom. The topological polar surface area (TPSA) is 84.5 Å². The molecule has 8 heteroatoms. The molecule has 3 aromatic rings. The summed E-state index contributed by atoms with van der Waals surface area (Å²) in [6.07, 6.45) is 4.56. The van der Waals surface area contributed by atoms with E-state index in [-0.39, 0.29) is 17.0 Å². The van der Waals surface area contributed by atoms with Crippen molar-refractivity contribution in [3.8, 4) is 17.5 Å². The summed E-state index contributed by atoms with van der Waals surface area (Å²) < 4.78 is 2.21. The average molecular weight is 480 g/mol.